The number of esters is 1. The number of rotatable bonds is 6. The van der Waals surface area contributed by atoms with Gasteiger partial charge in [-0.25, -0.2) is 0 Å². The first-order valence-electron chi connectivity index (χ1n) is 7.00. The second kappa shape index (κ2) is 7.56. The Hall–Kier alpha value is -2.40. The van der Waals surface area contributed by atoms with E-state index in [-0.39, 0.29) is 0 Å². The molecule has 0 aliphatic rings. The van der Waals surface area contributed by atoms with Crippen LogP contribution in [0.1, 0.15) is 24.3 Å². The van der Waals surface area contributed by atoms with Crippen molar-refractivity contribution in [2.24, 2.45) is 5.92 Å². The minimum atomic E-state index is -1.00. The number of ether oxygens (including phenoxy) is 2. The summed E-state index contributed by atoms with van der Waals surface area (Å²) in [5.74, 6) is -0.544. The summed E-state index contributed by atoms with van der Waals surface area (Å²) in [6.45, 7) is 2.04. The van der Waals surface area contributed by atoms with Crippen molar-refractivity contribution in [1.82, 2.24) is 4.98 Å². The topological polar surface area (TPSA) is 68.7 Å². The van der Waals surface area contributed by atoms with Gasteiger partial charge in [0, 0.05) is 0 Å². The van der Waals surface area contributed by atoms with Gasteiger partial charge >= 0.3 is 5.97 Å². The van der Waals surface area contributed by atoms with Crippen LogP contribution >= 0.6 is 0 Å². The maximum Gasteiger partial charge on any atom is 0.311 e. The number of carbonyl (C=O) groups is 1. The van der Waals surface area contributed by atoms with Crippen molar-refractivity contribution in [3.8, 4) is 5.75 Å². The van der Waals surface area contributed by atoms with Crippen LogP contribution in [0.2, 0.25) is 0 Å². The molecular formula is C17H19NO4. The zero-order valence-corrected chi connectivity index (χ0v) is 12.6. The summed E-state index contributed by atoms with van der Waals surface area (Å²) in [6.07, 6.45) is 0.529. The van der Waals surface area contributed by atoms with Crippen LogP contribution in [-0.2, 0) is 16.1 Å². The Balaban J connectivity index is 1.96. The molecular weight excluding hydrogens is 282 g/mol. The zero-order valence-electron chi connectivity index (χ0n) is 12.6. The average Bonchev–Trinajstić information content (AvgIpc) is 2.59. The first-order valence-corrected chi connectivity index (χ1v) is 7.00. The number of hydrogen-bond acceptors (Lipinski definition) is 5. The van der Waals surface area contributed by atoms with E-state index in [1.807, 2.05) is 30.3 Å². The highest BCUT2D eigenvalue weighted by Crippen LogP contribution is 2.22. The minimum absolute atomic E-state index is 0.407. The lowest BCUT2D eigenvalue weighted by Gasteiger charge is -2.16. The molecule has 0 saturated heterocycles. The van der Waals surface area contributed by atoms with Gasteiger partial charge in [0.25, 0.3) is 0 Å². The van der Waals surface area contributed by atoms with E-state index in [2.05, 4.69) is 9.72 Å². The van der Waals surface area contributed by atoms with Crippen LogP contribution in [0.4, 0.5) is 0 Å². The molecule has 2 rings (SSSR count). The van der Waals surface area contributed by atoms with E-state index in [1.54, 1.807) is 19.1 Å². The molecule has 1 N–H and O–H groups in total. The van der Waals surface area contributed by atoms with E-state index < -0.39 is 18.0 Å². The van der Waals surface area contributed by atoms with E-state index in [9.17, 15) is 9.90 Å². The van der Waals surface area contributed by atoms with Gasteiger partial charge in [-0.3, -0.25) is 9.78 Å². The van der Waals surface area contributed by atoms with Crippen molar-refractivity contribution in [3.05, 3.63) is 59.9 Å². The molecule has 1 aromatic carbocycles. The fourth-order valence-electron chi connectivity index (χ4n) is 1.96. The molecule has 0 spiro atoms. The Labute approximate surface area is 129 Å². The third-order valence-electron chi connectivity index (χ3n) is 3.36. The van der Waals surface area contributed by atoms with Gasteiger partial charge in [0.15, 0.2) is 0 Å². The highest BCUT2D eigenvalue weighted by atomic mass is 16.5. The van der Waals surface area contributed by atoms with Crippen LogP contribution in [0.15, 0.2) is 48.7 Å². The van der Waals surface area contributed by atoms with Crippen LogP contribution in [0.5, 0.6) is 5.75 Å². The Kier molecular flexibility index (Phi) is 5.49. The van der Waals surface area contributed by atoms with Gasteiger partial charge in [0.05, 0.1) is 24.9 Å². The minimum Gasteiger partial charge on any atom is -0.487 e. The largest absolute Gasteiger partial charge is 0.487 e. The van der Waals surface area contributed by atoms with Crippen LogP contribution in [0.3, 0.4) is 0 Å². The van der Waals surface area contributed by atoms with Gasteiger partial charge in [-0.05, 0) is 24.6 Å². The Morgan fingerprint density at radius 2 is 1.95 bits per heavy atom. The lowest BCUT2D eigenvalue weighted by atomic mass is 10.0. The number of hydrogen-bond donors (Lipinski definition) is 1. The summed E-state index contributed by atoms with van der Waals surface area (Å²) in [5.41, 5.74) is 1.47. The van der Waals surface area contributed by atoms with Gasteiger partial charge in [-0.1, -0.05) is 30.3 Å². The third kappa shape index (κ3) is 4.05. The van der Waals surface area contributed by atoms with Crippen molar-refractivity contribution in [2.45, 2.75) is 19.6 Å². The molecule has 0 bridgehead atoms. The Bertz CT molecular complexity index is 598. The number of benzene rings is 1. The van der Waals surface area contributed by atoms with Crippen LogP contribution in [-0.4, -0.2) is 23.2 Å². The van der Waals surface area contributed by atoms with Crippen LogP contribution in [0, 0.1) is 5.92 Å². The average molecular weight is 301 g/mol. The lowest BCUT2D eigenvalue weighted by molar-refractivity contribution is -0.148. The van der Waals surface area contributed by atoms with Crippen molar-refractivity contribution in [2.75, 3.05) is 7.11 Å². The van der Waals surface area contributed by atoms with Gasteiger partial charge in [-0.2, -0.15) is 0 Å². The van der Waals surface area contributed by atoms with Gasteiger partial charge < -0.3 is 14.6 Å². The van der Waals surface area contributed by atoms with E-state index in [0.29, 0.717) is 18.1 Å². The lowest BCUT2D eigenvalue weighted by Crippen LogP contribution is -2.21. The van der Waals surface area contributed by atoms with Gasteiger partial charge in [0.2, 0.25) is 0 Å². The predicted molar refractivity (Wildman–Crippen MR) is 81.2 cm³/mol. The maximum absolute atomic E-state index is 11.4. The standard InChI is InChI=1S/C17H19NO4/c1-12(17(20)21-2)16(19)15-9-8-14(10-18-15)22-11-13-6-4-3-5-7-13/h3-10,12,16,19H,11H2,1-2H3/t12-,16+/m1/s1. The highest BCUT2D eigenvalue weighted by Gasteiger charge is 2.25. The molecule has 0 radical (unpaired) electrons. The first kappa shape index (κ1) is 16.0. The van der Waals surface area contributed by atoms with E-state index in [0.717, 1.165) is 5.56 Å². The summed E-state index contributed by atoms with van der Waals surface area (Å²) in [7, 11) is 1.29. The molecule has 2 aromatic rings. The molecule has 1 aromatic heterocycles. The smallest absolute Gasteiger partial charge is 0.311 e. The quantitative estimate of drug-likeness (QED) is 0.830. The number of nitrogens with zero attached hydrogens (tertiary/aromatic N) is 1. The third-order valence-corrected chi connectivity index (χ3v) is 3.36. The molecule has 0 fully saturated rings. The van der Waals surface area contributed by atoms with Gasteiger partial charge in [-0.15, -0.1) is 0 Å². The number of pyridine rings is 1. The van der Waals surface area contributed by atoms with E-state index >= 15 is 0 Å². The zero-order chi connectivity index (χ0) is 15.9. The maximum atomic E-state index is 11.4. The predicted octanol–water partition coefficient (Wildman–Crippen LogP) is 2.50. The van der Waals surface area contributed by atoms with E-state index in [4.69, 9.17) is 4.74 Å². The number of aliphatic hydroxyl groups excluding tert-OH is 1. The molecule has 0 aliphatic heterocycles. The Morgan fingerprint density at radius 3 is 2.55 bits per heavy atom. The van der Waals surface area contributed by atoms with Crippen molar-refractivity contribution in [1.29, 1.82) is 0 Å². The van der Waals surface area contributed by atoms with Crippen molar-refractivity contribution < 1.29 is 19.4 Å². The molecule has 0 aliphatic carbocycles. The number of carbonyl (C=O) groups excluding carboxylic acids is 1. The molecule has 116 valence electrons. The van der Waals surface area contributed by atoms with Crippen LogP contribution < -0.4 is 4.74 Å². The Morgan fingerprint density at radius 1 is 1.23 bits per heavy atom. The monoisotopic (exact) mass is 301 g/mol. The second-order valence-electron chi connectivity index (χ2n) is 4.95. The van der Waals surface area contributed by atoms with Crippen molar-refractivity contribution >= 4 is 5.97 Å². The summed E-state index contributed by atoms with van der Waals surface area (Å²) >= 11 is 0. The fourth-order valence-corrected chi connectivity index (χ4v) is 1.96. The van der Waals surface area contributed by atoms with Crippen LogP contribution in [0.25, 0.3) is 0 Å². The summed E-state index contributed by atoms with van der Waals surface area (Å²) in [4.78, 5) is 15.6. The molecule has 0 saturated carbocycles. The fraction of sp³-hybridized carbons (Fsp3) is 0.294. The van der Waals surface area contributed by atoms with Crippen molar-refractivity contribution in [3.63, 3.8) is 0 Å². The summed E-state index contributed by atoms with van der Waals surface area (Å²) < 4.78 is 10.2. The molecule has 1 heterocycles. The van der Waals surface area contributed by atoms with E-state index in [1.165, 1.54) is 13.3 Å². The second-order valence-corrected chi connectivity index (χ2v) is 4.95. The molecule has 5 heteroatoms. The molecule has 2 atom stereocenters. The molecule has 22 heavy (non-hydrogen) atoms. The summed E-state index contributed by atoms with van der Waals surface area (Å²) in [6, 6.07) is 13.2. The van der Waals surface area contributed by atoms with Gasteiger partial charge in [0.1, 0.15) is 18.5 Å². The first-order chi connectivity index (χ1) is 10.6. The SMILES string of the molecule is COC(=O)[C@H](C)[C@H](O)c1ccc(OCc2ccccc2)cn1. The number of methoxy groups -OCH3 is 1. The normalized spacial score (nSPS) is 13.2. The number of aromatic nitrogens is 1. The molecule has 0 unspecified atom stereocenters. The summed E-state index contributed by atoms with van der Waals surface area (Å²) in [5, 5.41) is 10.1. The number of aliphatic hydroxyl groups is 1. The molecule has 0 amide bonds. The molecule has 5 nitrogen and oxygen atoms in total. The highest BCUT2D eigenvalue weighted by molar-refractivity contribution is 5.72.